The maximum atomic E-state index is 11.6. The fourth-order valence-corrected chi connectivity index (χ4v) is 2.14. The Hall–Kier alpha value is -1.97. The molecular weight excluding hydrogens is 240 g/mol. The van der Waals surface area contributed by atoms with Crippen LogP contribution in [0.3, 0.4) is 0 Å². The Balaban J connectivity index is 2.19. The van der Waals surface area contributed by atoms with E-state index in [0.717, 1.165) is 22.3 Å². The predicted molar refractivity (Wildman–Crippen MR) is 76.4 cm³/mol. The van der Waals surface area contributed by atoms with Gasteiger partial charge in [-0.15, -0.1) is 0 Å². The van der Waals surface area contributed by atoms with E-state index in [0.29, 0.717) is 0 Å². The van der Waals surface area contributed by atoms with Crippen LogP contribution in [0.5, 0.6) is 5.75 Å². The van der Waals surface area contributed by atoms with Crippen LogP contribution in [0.25, 0.3) is 10.9 Å². The Bertz CT molecular complexity index is 599. The van der Waals surface area contributed by atoms with Gasteiger partial charge in [0.1, 0.15) is 5.75 Å². The molecular formula is C15H20N2O2. The van der Waals surface area contributed by atoms with Crippen molar-refractivity contribution in [2.45, 2.75) is 26.8 Å². The molecule has 2 aromatic rings. The third-order valence-electron chi connectivity index (χ3n) is 3.07. The number of ether oxygens (including phenoxy) is 1. The number of nitrogens with zero attached hydrogens (tertiary/aromatic N) is 1. The smallest absolute Gasteiger partial charge is 0.258 e. The summed E-state index contributed by atoms with van der Waals surface area (Å²) in [5.74, 6) is 0.643. The molecule has 2 rings (SSSR count). The lowest BCUT2D eigenvalue weighted by molar-refractivity contribution is -0.123. The van der Waals surface area contributed by atoms with Gasteiger partial charge >= 0.3 is 0 Å². The summed E-state index contributed by atoms with van der Waals surface area (Å²) in [6.45, 7) is 5.95. The van der Waals surface area contributed by atoms with Gasteiger partial charge in [-0.25, -0.2) is 0 Å². The Labute approximate surface area is 113 Å². The Morgan fingerprint density at radius 1 is 1.42 bits per heavy atom. The van der Waals surface area contributed by atoms with E-state index < -0.39 is 0 Å². The second-order valence-corrected chi connectivity index (χ2v) is 5.05. The van der Waals surface area contributed by atoms with E-state index in [1.807, 2.05) is 39.1 Å². The molecule has 0 atom stereocenters. The zero-order valence-electron chi connectivity index (χ0n) is 11.9. The summed E-state index contributed by atoms with van der Waals surface area (Å²) in [6, 6.07) is 8.12. The molecule has 0 saturated heterocycles. The third kappa shape index (κ3) is 2.89. The Kier molecular flexibility index (Phi) is 3.79. The molecule has 0 saturated carbocycles. The summed E-state index contributed by atoms with van der Waals surface area (Å²) in [5, 5.41) is 3.94. The summed E-state index contributed by atoms with van der Waals surface area (Å²) < 4.78 is 7.72. The number of amides is 1. The van der Waals surface area contributed by atoms with E-state index in [4.69, 9.17) is 4.74 Å². The number of hydrogen-bond acceptors (Lipinski definition) is 2. The highest BCUT2D eigenvalue weighted by Gasteiger charge is 2.10. The van der Waals surface area contributed by atoms with E-state index in [1.54, 1.807) is 0 Å². The monoisotopic (exact) mass is 260 g/mol. The van der Waals surface area contributed by atoms with Crippen LogP contribution in [0.4, 0.5) is 0 Å². The molecule has 102 valence electrons. The van der Waals surface area contributed by atoms with Gasteiger partial charge in [-0.2, -0.15) is 0 Å². The number of rotatable bonds is 4. The average molecular weight is 260 g/mol. The minimum Gasteiger partial charge on any atom is -0.482 e. The lowest BCUT2D eigenvalue weighted by atomic mass is 10.2. The first-order valence-electron chi connectivity index (χ1n) is 6.46. The van der Waals surface area contributed by atoms with E-state index in [1.165, 1.54) is 0 Å². The standard InChI is InChI=1S/C15H20N2O2/c1-10(2)16-14(18)9-19-13-7-5-6-12-8-11(3)17(4)15(12)13/h5-8,10H,9H2,1-4H3,(H,16,18). The third-order valence-corrected chi connectivity index (χ3v) is 3.07. The molecule has 0 radical (unpaired) electrons. The molecule has 4 nitrogen and oxygen atoms in total. The van der Waals surface area contributed by atoms with Gasteiger partial charge in [-0.05, 0) is 32.9 Å². The second kappa shape index (κ2) is 5.34. The Morgan fingerprint density at radius 2 is 2.16 bits per heavy atom. The first kappa shape index (κ1) is 13.5. The largest absolute Gasteiger partial charge is 0.482 e. The molecule has 0 spiro atoms. The SMILES string of the molecule is Cc1cc2cccc(OCC(=O)NC(C)C)c2n1C. The molecule has 1 heterocycles. The molecule has 0 aliphatic heterocycles. The van der Waals surface area contributed by atoms with Crippen molar-refractivity contribution in [3.05, 3.63) is 30.0 Å². The maximum absolute atomic E-state index is 11.6. The summed E-state index contributed by atoms with van der Waals surface area (Å²) in [5.41, 5.74) is 2.19. The summed E-state index contributed by atoms with van der Waals surface area (Å²) in [7, 11) is 2.00. The quantitative estimate of drug-likeness (QED) is 0.917. The number of fused-ring (bicyclic) bond motifs is 1. The van der Waals surface area contributed by atoms with Crippen LogP contribution in [-0.2, 0) is 11.8 Å². The van der Waals surface area contributed by atoms with Crippen molar-refractivity contribution in [2.24, 2.45) is 7.05 Å². The van der Waals surface area contributed by atoms with Crippen molar-refractivity contribution < 1.29 is 9.53 Å². The van der Waals surface area contributed by atoms with Gasteiger partial charge in [0.15, 0.2) is 6.61 Å². The highest BCUT2D eigenvalue weighted by atomic mass is 16.5. The number of para-hydroxylation sites is 1. The lowest BCUT2D eigenvalue weighted by Crippen LogP contribution is -2.34. The molecule has 0 fully saturated rings. The Morgan fingerprint density at radius 3 is 2.84 bits per heavy atom. The fourth-order valence-electron chi connectivity index (χ4n) is 2.14. The minimum absolute atomic E-state index is 0.0432. The van der Waals surface area contributed by atoms with Crippen molar-refractivity contribution in [3.8, 4) is 5.75 Å². The van der Waals surface area contributed by atoms with Crippen LogP contribution in [0.1, 0.15) is 19.5 Å². The van der Waals surface area contributed by atoms with Crippen molar-refractivity contribution in [3.63, 3.8) is 0 Å². The number of aromatic nitrogens is 1. The predicted octanol–water partition coefficient (Wildman–Crippen LogP) is 2.39. The zero-order valence-corrected chi connectivity index (χ0v) is 11.9. The van der Waals surface area contributed by atoms with Crippen LogP contribution >= 0.6 is 0 Å². The van der Waals surface area contributed by atoms with Gasteiger partial charge < -0.3 is 14.6 Å². The van der Waals surface area contributed by atoms with Gasteiger partial charge in [-0.3, -0.25) is 4.79 Å². The van der Waals surface area contributed by atoms with Crippen LogP contribution in [0, 0.1) is 6.92 Å². The summed E-state index contributed by atoms with van der Waals surface area (Å²) in [4.78, 5) is 11.6. The highest BCUT2D eigenvalue weighted by Crippen LogP contribution is 2.27. The lowest BCUT2D eigenvalue weighted by Gasteiger charge is -2.11. The van der Waals surface area contributed by atoms with E-state index in [9.17, 15) is 4.79 Å². The van der Waals surface area contributed by atoms with E-state index in [-0.39, 0.29) is 18.6 Å². The number of carbonyl (C=O) groups is 1. The van der Waals surface area contributed by atoms with Gasteiger partial charge in [-0.1, -0.05) is 12.1 Å². The molecule has 0 aliphatic carbocycles. The normalized spacial score (nSPS) is 11.0. The number of benzene rings is 1. The average Bonchev–Trinajstić information content (AvgIpc) is 2.62. The van der Waals surface area contributed by atoms with Crippen molar-refractivity contribution in [1.82, 2.24) is 9.88 Å². The van der Waals surface area contributed by atoms with Gasteiger partial charge in [0.05, 0.1) is 5.52 Å². The second-order valence-electron chi connectivity index (χ2n) is 5.05. The summed E-state index contributed by atoms with van der Waals surface area (Å²) in [6.07, 6.45) is 0. The van der Waals surface area contributed by atoms with Crippen LogP contribution in [0.15, 0.2) is 24.3 Å². The molecule has 4 heteroatoms. The number of carbonyl (C=O) groups excluding carboxylic acids is 1. The van der Waals surface area contributed by atoms with E-state index >= 15 is 0 Å². The fraction of sp³-hybridized carbons (Fsp3) is 0.400. The molecule has 19 heavy (non-hydrogen) atoms. The van der Waals surface area contributed by atoms with E-state index in [2.05, 4.69) is 22.9 Å². The topological polar surface area (TPSA) is 43.3 Å². The molecule has 1 aromatic carbocycles. The van der Waals surface area contributed by atoms with Gasteiger partial charge in [0.25, 0.3) is 5.91 Å². The van der Waals surface area contributed by atoms with Crippen molar-refractivity contribution in [1.29, 1.82) is 0 Å². The number of hydrogen-bond donors (Lipinski definition) is 1. The number of aryl methyl sites for hydroxylation is 2. The zero-order chi connectivity index (χ0) is 14.0. The van der Waals surface area contributed by atoms with Crippen molar-refractivity contribution >= 4 is 16.8 Å². The molecule has 0 aliphatic rings. The molecule has 0 unspecified atom stereocenters. The van der Waals surface area contributed by atoms with Gasteiger partial charge in [0.2, 0.25) is 0 Å². The first-order chi connectivity index (χ1) is 8.99. The maximum Gasteiger partial charge on any atom is 0.258 e. The highest BCUT2D eigenvalue weighted by molar-refractivity contribution is 5.87. The molecule has 1 amide bonds. The van der Waals surface area contributed by atoms with Crippen LogP contribution in [-0.4, -0.2) is 23.1 Å². The van der Waals surface area contributed by atoms with Crippen LogP contribution in [0.2, 0.25) is 0 Å². The summed E-state index contributed by atoms with van der Waals surface area (Å²) >= 11 is 0. The van der Waals surface area contributed by atoms with Gasteiger partial charge in [0, 0.05) is 24.2 Å². The molecule has 0 bridgehead atoms. The number of nitrogens with one attached hydrogen (secondary N) is 1. The minimum atomic E-state index is -0.0991. The van der Waals surface area contributed by atoms with Crippen LogP contribution < -0.4 is 10.1 Å². The molecule has 1 N–H and O–H groups in total. The first-order valence-corrected chi connectivity index (χ1v) is 6.46. The van der Waals surface area contributed by atoms with Crippen molar-refractivity contribution in [2.75, 3.05) is 6.61 Å². The molecule has 1 aromatic heterocycles.